The van der Waals surface area contributed by atoms with E-state index in [1.165, 1.54) is 6.07 Å². The first-order chi connectivity index (χ1) is 22.7. The van der Waals surface area contributed by atoms with E-state index in [1.807, 2.05) is 115 Å². The van der Waals surface area contributed by atoms with Crippen molar-refractivity contribution in [1.29, 1.82) is 5.26 Å². The summed E-state index contributed by atoms with van der Waals surface area (Å²) in [6.45, 7) is 0. The minimum atomic E-state index is -0.335. The Morgan fingerprint density at radius 2 is 1.11 bits per heavy atom. The molecule has 0 saturated carbocycles. The van der Waals surface area contributed by atoms with Gasteiger partial charge < -0.3 is 4.57 Å². The van der Waals surface area contributed by atoms with Crippen LogP contribution in [0.1, 0.15) is 5.56 Å². The number of nitrogens with zero attached hydrogens (tertiary/aromatic N) is 5. The largest absolute Gasteiger partial charge is 0.309 e. The maximum Gasteiger partial charge on any atom is 0.164 e. The minimum Gasteiger partial charge on any atom is -0.309 e. The molecule has 0 radical (unpaired) electrons. The van der Waals surface area contributed by atoms with Gasteiger partial charge >= 0.3 is 0 Å². The summed E-state index contributed by atoms with van der Waals surface area (Å²) in [5.41, 5.74) is 6.88. The fourth-order valence-corrected chi connectivity index (χ4v) is 6.02. The summed E-state index contributed by atoms with van der Waals surface area (Å²) in [5.74, 6) is 1.14. The highest BCUT2D eigenvalue weighted by Crippen LogP contribution is 2.38. The first-order valence-electron chi connectivity index (χ1n) is 14.9. The van der Waals surface area contributed by atoms with Crippen molar-refractivity contribution in [2.75, 3.05) is 0 Å². The summed E-state index contributed by atoms with van der Waals surface area (Å²) in [4.78, 5) is 14.9. The van der Waals surface area contributed by atoms with Crippen LogP contribution in [0.4, 0.5) is 4.39 Å². The van der Waals surface area contributed by atoms with E-state index >= 15 is 4.39 Å². The van der Waals surface area contributed by atoms with Crippen LogP contribution < -0.4 is 0 Å². The molecule has 5 nitrogen and oxygen atoms in total. The van der Waals surface area contributed by atoms with Gasteiger partial charge in [0.05, 0.1) is 22.7 Å². The molecule has 0 bridgehead atoms. The predicted octanol–water partition coefficient (Wildman–Crippen LogP) is 9.65. The van der Waals surface area contributed by atoms with Crippen LogP contribution in [0.2, 0.25) is 0 Å². The third kappa shape index (κ3) is 4.68. The molecule has 46 heavy (non-hydrogen) atoms. The number of nitriles is 1. The second-order valence-corrected chi connectivity index (χ2v) is 10.9. The van der Waals surface area contributed by atoms with Gasteiger partial charge in [0.2, 0.25) is 0 Å². The summed E-state index contributed by atoms with van der Waals surface area (Å²) < 4.78 is 17.6. The van der Waals surface area contributed by atoms with Gasteiger partial charge in [-0.3, -0.25) is 0 Å². The van der Waals surface area contributed by atoms with Crippen molar-refractivity contribution >= 4 is 21.8 Å². The first-order valence-corrected chi connectivity index (χ1v) is 14.9. The van der Waals surface area contributed by atoms with Crippen molar-refractivity contribution in [3.63, 3.8) is 0 Å². The Morgan fingerprint density at radius 1 is 0.500 bits per heavy atom. The molecule has 0 amide bonds. The van der Waals surface area contributed by atoms with Crippen LogP contribution in [0.3, 0.4) is 0 Å². The fraction of sp³-hybridized carbons (Fsp3) is 0. The van der Waals surface area contributed by atoms with Crippen LogP contribution in [0.5, 0.6) is 0 Å². The summed E-state index contributed by atoms with van der Waals surface area (Å²) in [5, 5.41) is 11.6. The number of halogens is 1. The van der Waals surface area contributed by atoms with E-state index in [9.17, 15) is 5.26 Å². The van der Waals surface area contributed by atoms with Crippen LogP contribution in [-0.2, 0) is 0 Å². The second kappa shape index (κ2) is 11.2. The molecule has 0 aliphatic heterocycles. The fourth-order valence-electron chi connectivity index (χ4n) is 6.02. The van der Waals surface area contributed by atoms with E-state index in [1.54, 1.807) is 12.1 Å². The van der Waals surface area contributed by atoms with Crippen LogP contribution in [0.15, 0.2) is 146 Å². The normalized spacial score (nSPS) is 11.1. The van der Waals surface area contributed by atoms with Gasteiger partial charge in [-0.2, -0.15) is 5.26 Å². The SMILES string of the molecule is N#Cc1ccc2c(c1)c1ccccc1n2-c1ccc(-c2ccccc2F)c(-c2nc(-c3ccccc3)nc(-c3ccccc3)n2)c1. The quantitative estimate of drug-likeness (QED) is 0.199. The van der Waals surface area contributed by atoms with Crippen molar-refractivity contribution in [2.45, 2.75) is 0 Å². The lowest BCUT2D eigenvalue weighted by atomic mass is 9.97. The van der Waals surface area contributed by atoms with Crippen molar-refractivity contribution in [2.24, 2.45) is 0 Å². The number of hydrogen-bond donors (Lipinski definition) is 0. The number of benzene rings is 6. The number of rotatable bonds is 5. The lowest BCUT2D eigenvalue weighted by Crippen LogP contribution is -2.03. The van der Waals surface area contributed by atoms with E-state index in [0.717, 1.165) is 38.6 Å². The average Bonchev–Trinajstić information content (AvgIpc) is 3.46. The Bertz CT molecular complexity index is 2390. The summed E-state index contributed by atoms with van der Waals surface area (Å²) in [7, 11) is 0. The first kappa shape index (κ1) is 27.1. The van der Waals surface area contributed by atoms with Crippen LogP contribution in [0, 0.1) is 17.1 Å². The van der Waals surface area contributed by atoms with E-state index in [0.29, 0.717) is 39.7 Å². The molecule has 0 spiro atoms. The molecule has 6 aromatic carbocycles. The Labute approximate surface area is 264 Å². The lowest BCUT2D eigenvalue weighted by Gasteiger charge is -2.16. The third-order valence-corrected chi connectivity index (χ3v) is 8.17. The van der Waals surface area contributed by atoms with Gasteiger partial charge in [-0.15, -0.1) is 0 Å². The van der Waals surface area contributed by atoms with Gasteiger partial charge in [0, 0.05) is 38.7 Å². The Kier molecular flexibility index (Phi) is 6.63. The topological polar surface area (TPSA) is 67.4 Å². The number of fused-ring (bicyclic) bond motifs is 3. The van der Waals surface area contributed by atoms with Crippen LogP contribution in [-0.4, -0.2) is 19.5 Å². The van der Waals surface area contributed by atoms with Gasteiger partial charge in [0.15, 0.2) is 17.5 Å². The highest BCUT2D eigenvalue weighted by atomic mass is 19.1. The smallest absolute Gasteiger partial charge is 0.164 e. The molecule has 6 heteroatoms. The minimum absolute atomic E-state index is 0.335. The zero-order valence-corrected chi connectivity index (χ0v) is 24.5. The van der Waals surface area contributed by atoms with Crippen molar-refractivity contribution in [3.8, 4) is 57.0 Å². The zero-order valence-electron chi connectivity index (χ0n) is 24.5. The van der Waals surface area contributed by atoms with E-state index < -0.39 is 0 Å². The molecular weight excluding hydrogens is 569 g/mol. The number of aromatic nitrogens is 4. The molecule has 0 fully saturated rings. The van der Waals surface area contributed by atoms with Crippen molar-refractivity contribution in [1.82, 2.24) is 19.5 Å². The van der Waals surface area contributed by atoms with E-state index in [2.05, 4.69) is 22.8 Å². The van der Waals surface area contributed by atoms with Gasteiger partial charge in [0.25, 0.3) is 0 Å². The molecular formula is C40H24FN5. The Morgan fingerprint density at radius 3 is 1.80 bits per heavy atom. The summed E-state index contributed by atoms with van der Waals surface area (Å²) >= 11 is 0. The Hall–Kier alpha value is -6.45. The van der Waals surface area contributed by atoms with E-state index in [4.69, 9.17) is 15.0 Å². The zero-order chi connectivity index (χ0) is 31.0. The number of para-hydroxylation sites is 1. The van der Waals surface area contributed by atoms with Gasteiger partial charge in [-0.05, 0) is 48.0 Å². The van der Waals surface area contributed by atoms with E-state index in [-0.39, 0.29) is 5.82 Å². The summed E-state index contributed by atoms with van der Waals surface area (Å²) in [6, 6.07) is 48.4. The molecule has 8 aromatic rings. The van der Waals surface area contributed by atoms with Gasteiger partial charge in [0.1, 0.15) is 5.82 Å². The molecule has 0 unspecified atom stereocenters. The van der Waals surface area contributed by atoms with Crippen molar-refractivity contribution in [3.05, 3.63) is 157 Å². The molecule has 0 N–H and O–H groups in total. The average molecular weight is 594 g/mol. The molecule has 0 aliphatic rings. The highest BCUT2D eigenvalue weighted by molar-refractivity contribution is 6.09. The molecule has 0 saturated heterocycles. The standard InChI is InChI=1S/C40H24FN5/c41-35-17-9-7-15-31(35)30-21-20-29(46-36-18-10-8-16-32(36)33-23-26(25-42)19-22-37(33)46)24-34(30)40-44-38(27-11-3-1-4-12-27)43-39(45-40)28-13-5-2-6-14-28/h1-24H. The maximum absolute atomic E-state index is 15.4. The Balaban J connectivity index is 1.44. The van der Waals surface area contributed by atoms with Gasteiger partial charge in [-0.25, -0.2) is 19.3 Å². The molecule has 216 valence electrons. The van der Waals surface area contributed by atoms with Gasteiger partial charge in [-0.1, -0.05) is 103 Å². The lowest BCUT2D eigenvalue weighted by molar-refractivity contribution is 0.631. The third-order valence-electron chi connectivity index (χ3n) is 8.17. The molecule has 0 aliphatic carbocycles. The highest BCUT2D eigenvalue weighted by Gasteiger charge is 2.20. The summed E-state index contributed by atoms with van der Waals surface area (Å²) in [6.07, 6.45) is 0. The predicted molar refractivity (Wildman–Crippen MR) is 181 cm³/mol. The molecule has 8 rings (SSSR count). The molecule has 0 atom stereocenters. The monoisotopic (exact) mass is 593 g/mol. The molecule has 2 heterocycles. The van der Waals surface area contributed by atoms with Crippen LogP contribution >= 0.6 is 0 Å². The van der Waals surface area contributed by atoms with Crippen LogP contribution in [0.25, 0.3) is 72.8 Å². The maximum atomic E-state index is 15.4. The number of hydrogen-bond acceptors (Lipinski definition) is 4. The van der Waals surface area contributed by atoms with Crippen molar-refractivity contribution < 1.29 is 4.39 Å². The molecule has 2 aromatic heterocycles. The second-order valence-electron chi connectivity index (χ2n) is 10.9.